The molecular formula is C22H28FN3O2. The Morgan fingerprint density at radius 1 is 1.29 bits per heavy atom. The average molecular weight is 385 g/mol. The number of hydrogen-bond donors (Lipinski definition) is 1. The smallest absolute Gasteiger partial charge is 0.213 e. The van der Waals surface area contributed by atoms with Crippen LogP contribution in [-0.2, 0) is 11.2 Å². The molecule has 0 unspecified atom stereocenters. The van der Waals surface area contributed by atoms with Crippen LogP contribution < -0.4 is 10.5 Å². The predicted molar refractivity (Wildman–Crippen MR) is 105 cm³/mol. The highest BCUT2D eigenvalue weighted by Crippen LogP contribution is 2.45. The first-order chi connectivity index (χ1) is 13.5. The molecule has 2 saturated carbocycles. The minimum atomic E-state index is -0.302. The van der Waals surface area contributed by atoms with E-state index in [1.165, 1.54) is 12.6 Å². The second-order valence-electron chi connectivity index (χ2n) is 9.22. The van der Waals surface area contributed by atoms with Crippen LogP contribution in [0, 0.1) is 17.7 Å². The van der Waals surface area contributed by atoms with Gasteiger partial charge in [0.15, 0.2) is 0 Å². The van der Waals surface area contributed by atoms with Crippen molar-refractivity contribution in [1.82, 2.24) is 9.97 Å². The van der Waals surface area contributed by atoms with E-state index in [1.54, 1.807) is 0 Å². The van der Waals surface area contributed by atoms with E-state index in [0.717, 1.165) is 38.0 Å². The molecule has 2 atom stereocenters. The topological polar surface area (TPSA) is 70.3 Å². The number of hydrogen-bond acceptors (Lipinski definition) is 5. The van der Waals surface area contributed by atoms with Gasteiger partial charge in [0.25, 0.3) is 0 Å². The van der Waals surface area contributed by atoms with Crippen LogP contribution in [0.2, 0.25) is 0 Å². The highest BCUT2D eigenvalue weighted by atomic mass is 19.1. The number of aromatic nitrogens is 2. The highest BCUT2D eigenvalue weighted by molar-refractivity contribution is 5.78. The standard InChI is InChI=1S/C22H28FN3O2/c1-14-10-15(14)12-27-19-3-2-18-20(26-19)16(17(23)11-25-18)4-5-22-8-6-21(24,7-9-22)13-28-22/h2-3,11,14-15H,4-10,12-13,24H2,1H3/t14-,15-,21?,22?/m1/s1. The maximum Gasteiger partial charge on any atom is 0.213 e. The van der Waals surface area contributed by atoms with Crippen molar-refractivity contribution in [3.8, 4) is 5.88 Å². The van der Waals surface area contributed by atoms with Gasteiger partial charge < -0.3 is 15.2 Å². The van der Waals surface area contributed by atoms with E-state index in [9.17, 15) is 4.39 Å². The molecule has 6 rings (SSSR count). The van der Waals surface area contributed by atoms with Gasteiger partial charge in [-0.15, -0.1) is 0 Å². The average Bonchev–Trinajstić information content (AvgIpc) is 3.42. The zero-order chi connectivity index (χ0) is 19.4. The van der Waals surface area contributed by atoms with Crippen LogP contribution in [0.1, 0.15) is 51.0 Å². The normalized spacial score (nSPS) is 34.0. The molecule has 150 valence electrons. The predicted octanol–water partition coefficient (Wildman–Crippen LogP) is 3.78. The second-order valence-corrected chi connectivity index (χ2v) is 9.22. The minimum Gasteiger partial charge on any atom is -0.477 e. The first-order valence-electron chi connectivity index (χ1n) is 10.5. The number of ether oxygens (including phenoxy) is 2. The van der Waals surface area contributed by atoms with Crippen molar-refractivity contribution >= 4 is 11.0 Å². The summed E-state index contributed by atoms with van der Waals surface area (Å²) in [5.74, 6) is 1.60. The lowest BCUT2D eigenvalue weighted by molar-refractivity contribution is -0.156. The molecule has 2 aromatic rings. The van der Waals surface area contributed by atoms with Crippen molar-refractivity contribution in [3.05, 3.63) is 29.7 Å². The first kappa shape index (κ1) is 18.3. The lowest BCUT2D eigenvalue weighted by Crippen LogP contribution is -2.59. The minimum absolute atomic E-state index is 0.150. The fourth-order valence-corrected chi connectivity index (χ4v) is 4.68. The van der Waals surface area contributed by atoms with Gasteiger partial charge in [0.05, 0.1) is 36.0 Å². The molecule has 5 nitrogen and oxygen atoms in total. The Morgan fingerprint density at radius 2 is 2.07 bits per heavy atom. The molecule has 4 fully saturated rings. The lowest BCUT2D eigenvalue weighted by atomic mass is 9.70. The Morgan fingerprint density at radius 3 is 2.75 bits per heavy atom. The maximum absolute atomic E-state index is 14.7. The molecule has 0 aromatic carbocycles. The van der Waals surface area contributed by atoms with Gasteiger partial charge in [-0.3, -0.25) is 4.98 Å². The fraction of sp³-hybridized carbons (Fsp3) is 0.636. The third-order valence-corrected chi connectivity index (χ3v) is 7.11. The summed E-state index contributed by atoms with van der Waals surface area (Å²) in [5, 5.41) is 0. The largest absolute Gasteiger partial charge is 0.477 e. The summed E-state index contributed by atoms with van der Waals surface area (Å²) >= 11 is 0. The summed E-state index contributed by atoms with van der Waals surface area (Å²) in [6.45, 7) is 3.52. The number of fused-ring (bicyclic) bond motifs is 4. The first-order valence-corrected chi connectivity index (χ1v) is 10.5. The van der Waals surface area contributed by atoms with E-state index in [2.05, 4.69) is 16.9 Å². The Balaban J connectivity index is 1.36. The van der Waals surface area contributed by atoms with Crippen molar-refractivity contribution in [3.63, 3.8) is 0 Å². The maximum atomic E-state index is 14.7. The second kappa shape index (κ2) is 6.63. The van der Waals surface area contributed by atoms with E-state index in [0.29, 0.717) is 48.0 Å². The summed E-state index contributed by atoms with van der Waals surface area (Å²) in [4.78, 5) is 8.82. The molecule has 2 bridgehead atoms. The van der Waals surface area contributed by atoms with E-state index in [4.69, 9.17) is 15.2 Å². The van der Waals surface area contributed by atoms with E-state index in [1.807, 2.05) is 12.1 Å². The Bertz CT molecular complexity index is 878. The Kier molecular flexibility index (Phi) is 4.32. The molecule has 2 saturated heterocycles. The zero-order valence-corrected chi connectivity index (χ0v) is 16.4. The molecule has 2 aliphatic carbocycles. The summed E-state index contributed by atoms with van der Waals surface area (Å²) in [6, 6.07) is 3.70. The molecule has 2 N–H and O–H groups in total. The molecule has 0 spiro atoms. The molecule has 6 heteroatoms. The zero-order valence-electron chi connectivity index (χ0n) is 16.4. The van der Waals surface area contributed by atoms with Gasteiger partial charge in [-0.25, -0.2) is 9.37 Å². The SMILES string of the molecule is C[C@@H]1C[C@@H]1COc1ccc2ncc(F)c(CCC34CCC(N)(CC3)CO4)c2n1. The van der Waals surface area contributed by atoms with Crippen molar-refractivity contribution in [1.29, 1.82) is 0 Å². The number of halogens is 1. The van der Waals surface area contributed by atoms with Crippen molar-refractivity contribution in [2.24, 2.45) is 17.6 Å². The van der Waals surface area contributed by atoms with Gasteiger partial charge in [-0.2, -0.15) is 0 Å². The van der Waals surface area contributed by atoms with Gasteiger partial charge in [-0.05, 0) is 62.8 Å². The quantitative estimate of drug-likeness (QED) is 0.819. The van der Waals surface area contributed by atoms with Crippen LogP contribution in [-0.4, -0.2) is 34.3 Å². The van der Waals surface area contributed by atoms with Crippen LogP contribution in [0.3, 0.4) is 0 Å². The van der Waals surface area contributed by atoms with Crippen LogP contribution >= 0.6 is 0 Å². The summed E-state index contributed by atoms with van der Waals surface area (Å²) < 4.78 is 26.7. The molecule has 28 heavy (non-hydrogen) atoms. The fourth-order valence-electron chi connectivity index (χ4n) is 4.68. The molecule has 4 heterocycles. The summed E-state index contributed by atoms with van der Waals surface area (Å²) in [5.41, 5.74) is 7.93. The van der Waals surface area contributed by atoms with Crippen LogP contribution in [0.25, 0.3) is 11.0 Å². The number of aryl methyl sites for hydroxylation is 1. The molecule has 0 amide bonds. The number of nitrogens with two attached hydrogens (primary N) is 1. The molecule has 2 aliphatic heterocycles. The summed E-state index contributed by atoms with van der Waals surface area (Å²) in [6.07, 6.45) is 7.76. The number of nitrogens with zero attached hydrogens (tertiary/aromatic N) is 2. The van der Waals surface area contributed by atoms with Crippen molar-refractivity contribution in [2.45, 2.75) is 63.0 Å². The van der Waals surface area contributed by atoms with Crippen LogP contribution in [0.4, 0.5) is 4.39 Å². The monoisotopic (exact) mass is 385 g/mol. The van der Waals surface area contributed by atoms with E-state index in [-0.39, 0.29) is 17.0 Å². The third-order valence-electron chi connectivity index (χ3n) is 7.11. The van der Waals surface area contributed by atoms with Gasteiger partial charge in [0.1, 0.15) is 5.82 Å². The van der Waals surface area contributed by atoms with Crippen molar-refractivity contribution < 1.29 is 13.9 Å². The highest BCUT2D eigenvalue weighted by Gasteiger charge is 2.47. The lowest BCUT2D eigenvalue weighted by Gasteiger charge is -2.51. The Hall–Kier alpha value is -1.79. The Labute approximate surface area is 164 Å². The van der Waals surface area contributed by atoms with Crippen LogP contribution in [0.5, 0.6) is 5.88 Å². The molecule has 2 aromatic heterocycles. The number of pyridine rings is 2. The van der Waals surface area contributed by atoms with Crippen molar-refractivity contribution in [2.75, 3.05) is 13.2 Å². The van der Waals surface area contributed by atoms with E-state index < -0.39 is 0 Å². The van der Waals surface area contributed by atoms with Gasteiger partial charge >= 0.3 is 0 Å². The molecule has 4 aliphatic rings. The van der Waals surface area contributed by atoms with Gasteiger partial charge in [-0.1, -0.05) is 6.92 Å². The third kappa shape index (κ3) is 3.37. The van der Waals surface area contributed by atoms with Gasteiger partial charge in [0.2, 0.25) is 5.88 Å². The molecule has 0 radical (unpaired) electrons. The van der Waals surface area contributed by atoms with E-state index >= 15 is 0 Å². The summed E-state index contributed by atoms with van der Waals surface area (Å²) in [7, 11) is 0. The van der Waals surface area contributed by atoms with Gasteiger partial charge in [0, 0.05) is 17.2 Å². The molecular weight excluding hydrogens is 357 g/mol. The number of rotatable bonds is 6. The van der Waals surface area contributed by atoms with Crippen LogP contribution in [0.15, 0.2) is 18.3 Å².